The largest absolute Gasteiger partial charge is 0.465 e. The third-order valence-electron chi connectivity index (χ3n) is 8.99. The first-order valence-corrected chi connectivity index (χ1v) is 15.8. The number of hydrogen-bond donors (Lipinski definition) is 1. The van der Waals surface area contributed by atoms with Crippen molar-refractivity contribution < 1.29 is 24.2 Å². The van der Waals surface area contributed by atoms with Gasteiger partial charge >= 0.3 is 5.97 Å². The van der Waals surface area contributed by atoms with Gasteiger partial charge in [-0.25, -0.2) is 4.68 Å². The molecule has 3 saturated heterocycles. The number of benzene rings is 1. The molecule has 1 aromatic carbocycles. The van der Waals surface area contributed by atoms with Gasteiger partial charge in [0.2, 0.25) is 11.8 Å². The van der Waals surface area contributed by atoms with Crippen LogP contribution < -0.4 is 0 Å². The summed E-state index contributed by atoms with van der Waals surface area (Å²) in [5.74, 6) is -1.84. The third kappa shape index (κ3) is 5.25. The van der Waals surface area contributed by atoms with Crippen LogP contribution in [0, 0.1) is 17.8 Å². The van der Waals surface area contributed by atoms with E-state index in [4.69, 9.17) is 4.74 Å². The number of aliphatic hydroxyl groups excluding tert-OH is 1. The number of para-hydroxylation sites is 1. The molecule has 2 bridgehead atoms. The summed E-state index contributed by atoms with van der Waals surface area (Å²) in [6.07, 6.45) is 7.83. The van der Waals surface area contributed by atoms with Gasteiger partial charge in [-0.05, 0) is 56.6 Å². The predicted molar refractivity (Wildman–Crippen MR) is 161 cm³/mol. The minimum atomic E-state index is -0.751. The molecule has 3 fully saturated rings. The fraction of sp³-hybridized carbons (Fsp3) is 0.581. The van der Waals surface area contributed by atoms with Crippen molar-refractivity contribution in [3.63, 3.8) is 0 Å². The molecule has 2 amide bonds. The highest BCUT2D eigenvalue weighted by Gasteiger charge is 2.76. The summed E-state index contributed by atoms with van der Waals surface area (Å²) in [6.45, 7) is 10.8. The highest BCUT2D eigenvalue weighted by Crippen LogP contribution is 2.68. The zero-order valence-electron chi connectivity index (χ0n) is 24.3. The Morgan fingerprint density at radius 1 is 1.21 bits per heavy atom. The van der Waals surface area contributed by atoms with Crippen LogP contribution in [0.3, 0.4) is 0 Å². The molecule has 5 rings (SSSR count). The summed E-state index contributed by atoms with van der Waals surface area (Å²) >= 11 is 1.64. The fourth-order valence-corrected chi connectivity index (χ4v) is 9.49. The minimum Gasteiger partial charge on any atom is -0.465 e. The standard InChI is InChI=1S/C31H41N5O5S/c1-4-6-7-12-18-41-30(40)25-24-19-21(3)31(42-24)26(25)28(38)35(16-10-11-17-37)27(31)29(39)34(15-5-2)20-36-23-14-9-8-13-22(23)32-33-36/h4-5,8-9,13-14,21,24-27,37H,1-2,6-7,10-12,15-20H2,3H3/t21?,24-,25+,26-,27?,31?/m0/s1. The molecule has 3 aliphatic rings. The van der Waals surface area contributed by atoms with Gasteiger partial charge in [-0.15, -0.1) is 30.0 Å². The van der Waals surface area contributed by atoms with Gasteiger partial charge in [-0.1, -0.05) is 36.4 Å². The summed E-state index contributed by atoms with van der Waals surface area (Å²) in [4.78, 5) is 45.7. The van der Waals surface area contributed by atoms with Crippen LogP contribution in [0.2, 0.25) is 0 Å². The number of ether oxygens (including phenoxy) is 1. The Bertz CT molecular complexity index is 1330. The molecule has 3 unspecified atom stereocenters. The summed E-state index contributed by atoms with van der Waals surface area (Å²) in [5, 5.41) is 17.9. The molecule has 1 spiro atoms. The van der Waals surface area contributed by atoms with Crippen molar-refractivity contribution in [2.75, 3.05) is 26.3 Å². The number of aromatic nitrogens is 3. The summed E-state index contributed by atoms with van der Waals surface area (Å²) in [5.41, 5.74) is 1.53. The molecule has 0 aliphatic carbocycles. The highest BCUT2D eigenvalue weighted by atomic mass is 32.2. The maximum Gasteiger partial charge on any atom is 0.310 e. The van der Waals surface area contributed by atoms with Gasteiger partial charge in [0.1, 0.15) is 18.2 Å². The van der Waals surface area contributed by atoms with E-state index in [-0.39, 0.29) is 48.8 Å². The SMILES string of the molecule is C=CCCCCOC(=O)[C@@H]1[C@@H]2CC(C)C3(S2)C(C(=O)N(CC=C)Cn2nnc4ccccc42)N(CCCCO)C(=O)[C@H]13. The van der Waals surface area contributed by atoms with Crippen LogP contribution in [-0.2, 0) is 25.8 Å². The van der Waals surface area contributed by atoms with Crippen molar-refractivity contribution >= 4 is 40.6 Å². The van der Waals surface area contributed by atoms with Crippen LogP contribution in [-0.4, -0.2) is 90.0 Å². The van der Waals surface area contributed by atoms with Crippen LogP contribution in [0.25, 0.3) is 11.0 Å². The van der Waals surface area contributed by atoms with Crippen LogP contribution in [0.15, 0.2) is 49.6 Å². The number of unbranched alkanes of at least 4 members (excludes halogenated alkanes) is 3. The topological polar surface area (TPSA) is 118 Å². The highest BCUT2D eigenvalue weighted by molar-refractivity contribution is 8.02. The lowest BCUT2D eigenvalue weighted by Gasteiger charge is -2.40. The average Bonchev–Trinajstić information content (AvgIpc) is 3.70. The molecule has 2 aromatic rings. The van der Waals surface area contributed by atoms with Crippen LogP contribution in [0.4, 0.5) is 0 Å². The lowest BCUT2D eigenvalue weighted by atomic mass is 9.66. The molecule has 1 N–H and O–H groups in total. The van der Waals surface area contributed by atoms with Gasteiger partial charge < -0.3 is 19.6 Å². The molecule has 3 aliphatic heterocycles. The van der Waals surface area contributed by atoms with Gasteiger partial charge in [0.15, 0.2) is 0 Å². The first-order chi connectivity index (χ1) is 20.4. The number of carbonyl (C=O) groups excluding carboxylic acids is 3. The van der Waals surface area contributed by atoms with E-state index in [0.29, 0.717) is 26.0 Å². The van der Waals surface area contributed by atoms with Gasteiger partial charge in [0.25, 0.3) is 0 Å². The first-order valence-electron chi connectivity index (χ1n) is 14.9. The molecule has 10 nitrogen and oxygen atoms in total. The second kappa shape index (κ2) is 13.0. The fourth-order valence-electron chi connectivity index (χ4n) is 7.09. The predicted octanol–water partition coefficient (Wildman–Crippen LogP) is 3.41. The van der Waals surface area contributed by atoms with Gasteiger partial charge in [-0.3, -0.25) is 14.4 Å². The molecule has 226 valence electrons. The minimum absolute atomic E-state index is 0.00517. The summed E-state index contributed by atoms with van der Waals surface area (Å²) in [6, 6.07) is 6.82. The zero-order chi connectivity index (χ0) is 29.9. The van der Waals surface area contributed by atoms with Crippen LogP contribution in [0.1, 0.15) is 45.4 Å². The van der Waals surface area contributed by atoms with E-state index in [1.165, 1.54) is 0 Å². The van der Waals surface area contributed by atoms with E-state index in [1.54, 1.807) is 32.3 Å². The first kappa shape index (κ1) is 30.3. The Hall–Kier alpha value is -3.18. The Labute approximate surface area is 251 Å². The van der Waals surface area contributed by atoms with E-state index in [2.05, 4.69) is 30.4 Å². The average molecular weight is 596 g/mol. The van der Waals surface area contributed by atoms with Crippen molar-refractivity contribution in [2.45, 2.75) is 68.2 Å². The molecule has 1 aromatic heterocycles. The lowest BCUT2D eigenvalue weighted by molar-refractivity contribution is -0.154. The maximum atomic E-state index is 14.6. The number of rotatable bonds is 15. The second-order valence-electron chi connectivity index (χ2n) is 11.5. The van der Waals surface area contributed by atoms with Crippen LogP contribution >= 0.6 is 11.8 Å². The number of likely N-dealkylation sites (tertiary alicyclic amines) is 1. The normalized spacial score (nSPS) is 27.8. The molecule has 11 heteroatoms. The second-order valence-corrected chi connectivity index (χ2v) is 13.1. The number of hydrogen-bond acceptors (Lipinski definition) is 8. The monoisotopic (exact) mass is 595 g/mol. The zero-order valence-corrected chi connectivity index (χ0v) is 25.1. The third-order valence-corrected chi connectivity index (χ3v) is 11.1. The number of esters is 1. The molecule has 6 atom stereocenters. The molecule has 0 radical (unpaired) electrons. The smallest absolute Gasteiger partial charge is 0.310 e. The summed E-state index contributed by atoms with van der Waals surface area (Å²) in [7, 11) is 0. The number of nitrogens with zero attached hydrogens (tertiary/aromatic N) is 5. The number of allylic oxidation sites excluding steroid dienone is 1. The molecule has 42 heavy (non-hydrogen) atoms. The van der Waals surface area contributed by atoms with E-state index in [1.807, 2.05) is 30.3 Å². The van der Waals surface area contributed by atoms with Crippen molar-refractivity contribution in [3.8, 4) is 0 Å². The van der Waals surface area contributed by atoms with Gasteiger partial charge in [0.05, 0.1) is 28.7 Å². The van der Waals surface area contributed by atoms with Gasteiger partial charge in [0, 0.05) is 24.9 Å². The van der Waals surface area contributed by atoms with E-state index in [9.17, 15) is 19.5 Å². The molecular weight excluding hydrogens is 554 g/mol. The Morgan fingerprint density at radius 3 is 2.79 bits per heavy atom. The van der Waals surface area contributed by atoms with Crippen molar-refractivity contribution in [2.24, 2.45) is 17.8 Å². The number of aliphatic hydroxyl groups is 1. The molecular formula is C31H41N5O5S. The van der Waals surface area contributed by atoms with Crippen molar-refractivity contribution in [1.82, 2.24) is 24.8 Å². The summed E-state index contributed by atoms with van der Waals surface area (Å²) < 4.78 is 6.67. The lowest BCUT2D eigenvalue weighted by Crippen LogP contribution is -2.57. The quantitative estimate of drug-likeness (QED) is 0.189. The van der Waals surface area contributed by atoms with Crippen molar-refractivity contribution in [1.29, 1.82) is 0 Å². The Balaban J connectivity index is 1.46. The number of fused-ring (bicyclic) bond motifs is 2. The number of thioether (sulfide) groups is 1. The number of amides is 2. The maximum absolute atomic E-state index is 14.6. The van der Waals surface area contributed by atoms with Crippen LogP contribution in [0.5, 0.6) is 0 Å². The van der Waals surface area contributed by atoms with Gasteiger partial charge in [-0.2, -0.15) is 0 Å². The molecule has 0 saturated carbocycles. The Morgan fingerprint density at radius 2 is 2.02 bits per heavy atom. The van der Waals surface area contributed by atoms with Crippen molar-refractivity contribution in [3.05, 3.63) is 49.6 Å². The van der Waals surface area contributed by atoms with E-state index < -0.39 is 22.6 Å². The number of carbonyl (C=O) groups is 3. The molecule has 4 heterocycles. The van der Waals surface area contributed by atoms with E-state index >= 15 is 0 Å². The Kier molecular flexibility index (Phi) is 9.37. The van der Waals surface area contributed by atoms with E-state index in [0.717, 1.165) is 36.7 Å².